The minimum Gasteiger partial charge on any atom is -0.493 e. The highest BCUT2D eigenvalue weighted by atomic mass is 16.5. The van der Waals surface area contributed by atoms with Crippen LogP contribution in [0.2, 0.25) is 0 Å². The number of aliphatic hydroxyl groups excluding tert-OH is 2. The van der Waals surface area contributed by atoms with Gasteiger partial charge in [0.25, 0.3) is 0 Å². The molecule has 0 spiro atoms. The highest BCUT2D eigenvalue weighted by Crippen LogP contribution is 2.48. The maximum absolute atomic E-state index is 12.2. The highest BCUT2D eigenvalue weighted by Gasteiger charge is 2.35. The third kappa shape index (κ3) is 13.8. The van der Waals surface area contributed by atoms with Crippen LogP contribution in [0.4, 0.5) is 0 Å². The summed E-state index contributed by atoms with van der Waals surface area (Å²) in [6.45, 7) is 16.1. The van der Waals surface area contributed by atoms with E-state index in [2.05, 4.69) is 39.1 Å². The number of esters is 2. The van der Waals surface area contributed by atoms with Crippen LogP contribution >= 0.6 is 0 Å². The minimum atomic E-state index is -0.587. The zero-order valence-electron chi connectivity index (χ0n) is 35.1. The summed E-state index contributed by atoms with van der Waals surface area (Å²) in [5.74, 6) is 5.15. The molecule has 2 N–H and O–H groups in total. The number of carbonyl (C=O) groups is 2. The molecule has 4 rings (SSSR count). The molecule has 0 radical (unpaired) electrons. The van der Waals surface area contributed by atoms with Crippen molar-refractivity contribution in [2.24, 2.45) is 35.0 Å². The molecule has 1 aromatic carbocycles. The van der Waals surface area contributed by atoms with Gasteiger partial charge in [0.15, 0.2) is 0 Å². The first-order chi connectivity index (χ1) is 26.5. The van der Waals surface area contributed by atoms with E-state index in [1.54, 1.807) is 13.8 Å². The normalized spacial score (nSPS) is 24.5. The lowest BCUT2D eigenvalue weighted by molar-refractivity contribution is -0.139. The molecule has 3 aliphatic carbocycles. The summed E-state index contributed by atoms with van der Waals surface area (Å²) in [6, 6.07) is 4.67. The predicted octanol–water partition coefficient (Wildman–Crippen LogP) is 10.6. The van der Waals surface area contributed by atoms with Gasteiger partial charge in [0.1, 0.15) is 5.75 Å². The van der Waals surface area contributed by atoms with Gasteiger partial charge in [-0.2, -0.15) is 0 Å². The van der Waals surface area contributed by atoms with E-state index in [4.69, 9.17) is 14.2 Å². The summed E-state index contributed by atoms with van der Waals surface area (Å²) < 4.78 is 17.6. The predicted molar refractivity (Wildman–Crippen MR) is 222 cm³/mol. The fourth-order valence-electron chi connectivity index (χ4n) is 9.86. The number of ether oxygens (including phenoxy) is 3. The summed E-state index contributed by atoms with van der Waals surface area (Å²) in [5, 5.41) is 20.6. The number of carbonyl (C=O) groups excluding carboxylic acids is 2. The second kappa shape index (κ2) is 22.9. The van der Waals surface area contributed by atoms with Crippen LogP contribution in [0.15, 0.2) is 36.4 Å². The molecule has 310 valence electrons. The van der Waals surface area contributed by atoms with Gasteiger partial charge in [-0.05, 0) is 169 Å². The molecule has 1 aromatic rings. The van der Waals surface area contributed by atoms with Crippen molar-refractivity contribution in [3.63, 3.8) is 0 Å². The van der Waals surface area contributed by atoms with Crippen LogP contribution in [0.25, 0.3) is 0 Å². The van der Waals surface area contributed by atoms with Gasteiger partial charge < -0.3 is 24.4 Å². The Morgan fingerprint density at radius 1 is 0.673 bits per heavy atom. The van der Waals surface area contributed by atoms with Crippen LogP contribution in [0, 0.1) is 35.0 Å². The van der Waals surface area contributed by atoms with Gasteiger partial charge in [-0.25, -0.2) is 9.59 Å². The smallest absolute Gasteiger partial charge is 0.333 e. The molecular weight excluding hydrogens is 689 g/mol. The molecule has 7 heteroatoms. The van der Waals surface area contributed by atoms with E-state index in [0.29, 0.717) is 69.0 Å². The molecule has 3 saturated carbocycles. The lowest BCUT2D eigenvalue weighted by atomic mass is 9.64. The molecule has 0 saturated heterocycles. The second-order valence-corrected chi connectivity index (χ2v) is 18.0. The van der Waals surface area contributed by atoms with Gasteiger partial charge in [0, 0.05) is 16.6 Å². The Balaban J connectivity index is 1.49. The molecule has 55 heavy (non-hydrogen) atoms. The maximum Gasteiger partial charge on any atom is 0.333 e. The number of hydrogen-bond acceptors (Lipinski definition) is 7. The van der Waals surface area contributed by atoms with Gasteiger partial charge >= 0.3 is 11.9 Å². The van der Waals surface area contributed by atoms with E-state index >= 15 is 0 Å². The van der Waals surface area contributed by atoms with Crippen LogP contribution in [0.1, 0.15) is 166 Å². The van der Waals surface area contributed by atoms with Crippen molar-refractivity contribution in [2.45, 2.75) is 162 Å². The van der Waals surface area contributed by atoms with Crippen molar-refractivity contribution in [2.75, 3.05) is 33.0 Å². The number of aryl methyl sites for hydroxylation is 2. The van der Waals surface area contributed by atoms with Gasteiger partial charge in [0.05, 0.1) is 33.0 Å². The summed E-state index contributed by atoms with van der Waals surface area (Å²) in [5.41, 5.74) is 3.75. The van der Waals surface area contributed by atoms with Crippen molar-refractivity contribution < 1.29 is 34.0 Å². The molecule has 7 nitrogen and oxygen atoms in total. The average Bonchev–Trinajstić information content (AvgIpc) is 3.20. The number of aliphatic hydroxyl groups is 2. The largest absolute Gasteiger partial charge is 0.493 e. The molecule has 3 aliphatic rings. The third-order valence-corrected chi connectivity index (χ3v) is 13.7. The van der Waals surface area contributed by atoms with Crippen molar-refractivity contribution in [1.82, 2.24) is 0 Å². The van der Waals surface area contributed by atoms with E-state index in [-0.39, 0.29) is 25.2 Å². The maximum atomic E-state index is 12.2. The topological polar surface area (TPSA) is 102 Å². The number of rotatable bonds is 22. The molecule has 0 aliphatic heterocycles. The molecule has 0 aromatic heterocycles. The SMILES string of the molecule is C=C(C)C(=O)OCCCc1cc(C2CCC(C3CCC(C4CCC(C)CC4)CC3)CC2)cc(CCCOC(=O)C(=C)C)c1OCCC(CO)(CO)CCCC. The average molecular weight is 765 g/mol. The van der Waals surface area contributed by atoms with Crippen LogP contribution in [0.5, 0.6) is 5.75 Å². The lowest BCUT2D eigenvalue weighted by Crippen LogP contribution is -2.32. The summed E-state index contributed by atoms with van der Waals surface area (Å²) >= 11 is 0. The van der Waals surface area contributed by atoms with Crippen molar-refractivity contribution in [1.29, 1.82) is 0 Å². The van der Waals surface area contributed by atoms with E-state index in [9.17, 15) is 19.8 Å². The molecule has 3 fully saturated rings. The molecule has 0 bridgehead atoms. The molecule has 0 heterocycles. The van der Waals surface area contributed by atoms with Gasteiger partial charge in [-0.3, -0.25) is 0 Å². The molecule has 0 amide bonds. The van der Waals surface area contributed by atoms with Crippen LogP contribution in [0.3, 0.4) is 0 Å². The van der Waals surface area contributed by atoms with Crippen molar-refractivity contribution in [3.05, 3.63) is 53.1 Å². The summed E-state index contributed by atoms with van der Waals surface area (Å²) in [4.78, 5) is 24.3. The van der Waals surface area contributed by atoms with Gasteiger partial charge in [-0.15, -0.1) is 0 Å². The van der Waals surface area contributed by atoms with Crippen molar-refractivity contribution in [3.8, 4) is 5.75 Å². The molecule has 0 atom stereocenters. The number of benzene rings is 1. The fourth-order valence-corrected chi connectivity index (χ4v) is 9.86. The lowest BCUT2D eigenvalue weighted by Gasteiger charge is -2.41. The fraction of sp³-hybridized carbons (Fsp3) is 0.750. The van der Waals surface area contributed by atoms with E-state index < -0.39 is 5.41 Å². The van der Waals surface area contributed by atoms with E-state index in [1.165, 1.54) is 82.6 Å². The zero-order chi connectivity index (χ0) is 39.8. The van der Waals surface area contributed by atoms with Gasteiger partial charge in [-0.1, -0.05) is 64.8 Å². The Morgan fingerprint density at radius 3 is 1.53 bits per heavy atom. The van der Waals surface area contributed by atoms with Crippen molar-refractivity contribution >= 4 is 11.9 Å². The Kier molecular flexibility index (Phi) is 18.8. The minimum absolute atomic E-state index is 0.0857. The summed E-state index contributed by atoms with van der Waals surface area (Å²) in [6.07, 6.45) is 22.4. The molecule has 0 unspecified atom stereocenters. The van der Waals surface area contributed by atoms with E-state index in [0.717, 1.165) is 65.7 Å². The standard InChI is InChI=1S/C48H76O7/c1-7-8-25-48(32-49,33-50)26-29-53-45-42(11-9-27-54-46(51)34(2)3)30-44(31-43(45)12-10-28-55-47(52)35(4)5)41-23-21-40(22-24-41)39-19-17-38(18-20-39)37-15-13-36(6)14-16-37/h30-31,36-41,49-50H,2,4,7-29,32-33H2,1,3,5-6H3. The zero-order valence-corrected chi connectivity index (χ0v) is 35.1. The Morgan fingerprint density at radius 2 is 1.11 bits per heavy atom. The number of unbranched alkanes of at least 4 members (excludes halogenated alkanes) is 1. The second-order valence-electron chi connectivity index (χ2n) is 18.0. The first-order valence-electron chi connectivity index (χ1n) is 22.1. The first-order valence-corrected chi connectivity index (χ1v) is 22.1. The number of hydrogen-bond donors (Lipinski definition) is 2. The van der Waals surface area contributed by atoms with Crippen LogP contribution < -0.4 is 4.74 Å². The van der Waals surface area contributed by atoms with E-state index in [1.807, 2.05) is 0 Å². The third-order valence-electron chi connectivity index (χ3n) is 13.7. The highest BCUT2D eigenvalue weighted by molar-refractivity contribution is 5.87. The quantitative estimate of drug-likeness (QED) is 0.0688. The molecular formula is C48H76O7. The van der Waals surface area contributed by atoms with Gasteiger partial charge in [0.2, 0.25) is 0 Å². The summed E-state index contributed by atoms with van der Waals surface area (Å²) in [7, 11) is 0. The van der Waals surface area contributed by atoms with Crippen LogP contribution in [-0.4, -0.2) is 55.2 Å². The Labute approximate surface area is 334 Å². The monoisotopic (exact) mass is 765 g/mol. The van der Waals surface area contributed by atoms with Crippen LogP contribution in [-0.2, 0) is 31.9 Å². The first kappa shape index (κ1) is 45.1. The Bertz CT molecular complexity index is 1300. The Hall–Kier alpha value is -2.64.